The summed E-state index contributed by atoms with van der Waals surface area (Å²) in [7, 11) is 3.11. The lowest BCUT2D eigenvalue weighted by molar-refractivity contribution is -0.120. The predicted molar refractivity (Wildman–Crippen MR) is 134 cm³/mol. The van der Waals surface area contributed by atoms with Crippen molar-refractivity contribution in [2.45, 2.75) is 27.2 Å². The molecule has 0 spiro atoms. The molecule has 1 aliphatic heterocycles. The molecule has 0 aromatic heterocycles. The molecule has 0 bridgehead atoms. The second kappa shape index (κ2) is 9.43. The van der Waals surface area contributed by atoms with Crippen LogP contribution in [0, 0.1) is 13.8 Å². The lowest BCUT2D eigenvalue weighted by Gasteiger charge is -2.16. The molecule has 0 aliphatic carbocycles. The zero-order valence-corrected chi connectivity index (χ0v) is 20.1. The maximum Gasteiger partial charge on any atom is 0.282 e. The Hall–Kier alpha value is -4.06. The average Bonchev–Trinajstić information content (AvgIpc) is 3.09. The van der Waals surface area contributed by atoms with E-state index >= 15 is 0 Å². The molecule has 2 amide bonds. The summed E-state index contributed by atoms with van der Waals surface area (Å²) in [6.45, 7) is 6.06. The van der Waals surface area contributed by atoms with Crippen molar-refractivity contribution < 1.29 is 19.1 Å². The molecule has 0 saturated heterocycles. The molecule has 4 rings (SSSR count). The van der Waals surface area contributed by atoms with Crippen LogP contribution in [-0.2, 0) is 16.0 Å². The van der Waals surface area contributed by atoms with Crippen LogP contribution in [0.2, 0.25) is 0 Å². The number of nitrogens with one attached hydrogen (secondary N) is 1. The molecule has 1 aliphatic rings. The van der Waals surface area contributed by atoms with Crippen molar-refractivity contribution >= 4 is 28.8 Å². The van der Waals surface area contributed by atoms with Gasteiger partial charge in [-0.15, -0.1) is 0 Å². The number of hydrogen-bond acceptors (Lipinski definition) is 5. The van der Waals surface area contributed by atoms with Crippen LogP contribution < -0.4 is 19.7 Å². The van der Waals surface area contributed by atoms with E-state index in [4.69, 9.17) is 9.47 Å². The van der Waals surface area contributed by atoms with Crippen molar-refractivity contribution in [2.24, 2.45) is 0 Å². The molecule has 3 aromatic rings. The second-order valence-corrected chi connectivity index (χ2v) is 8.21. The number of hydrogen-bond donors (Lipinski definition) is 1. The van der Waals surface area contributed by atoms with Crippen molar-refractivity contribution in [2.75, 3.05) is 24.4 Å². The first-order valence-corrected chi connectivity index (χ1v) is 11.2. The number of ether oxygens (including phenoxy) is 2. The average molecular weight is 457 g/mol. The highest BCUT2D eigenvalue weighted by atomic mass is 16.5. The first kappa shape index (κ1) is 23.1. The van der Waals surface area contributed by atoms with Crippen LogP contribution in [-0.4, -0.2) is 26.0 Å². The smallest absolute Gasteiger partial charge is 0.282 e. The normalized spacial score (nSPS) is 13.5. The Morgan fingerprint density at radius 1 is 0.794 bits per heavy atom. The predicted octanol–water partition coefficient (Wildman–Crippen LogP) is 5.28. The van der Waals surface area contributed by atoms with Crippen LogP contribution in [0.1, 0.15) is 29.2 Å². The third-order valence-electron chi connectivity index (χ3n) is 6.14. The van der Waals surface area contributed by atoms with Gasteiger partial charge in [-0.2, -0.15) is 0 Å². The highest BCUT2D eigenvalue weighted by molar-refractivity contribution is 6.46. The van der Waals surface area contributed by atoms with E-state index < -0.39 is 5.91 Å². The summed E-state index contributed by atoms with van der Waals surface area (Å²) in [6.07, 6.45) is 0.875. The maximum absolute atomic E-state index is 13.7. The number of amides is 2. The van der Waals surface area contributed by atoms with Crippen LogP contribution in [0.3, 0.4) is 0 Å². The molecule has 174 valence electrons. The van der Waals surface area contributed by atoms with Gasteiger partial charge in [0.2, 0.25) is 0 Å². The van der Waals surface area contributed by atoms with Crippen molar-refractivity contribution in [1.29, 1.82) is 0 Å². The molecule has 0 saturated carbocycles. The van der Waals surface area contributed by atoms with Gasteiger partial charge in [-0.3, -0.25) is 9.59 Å². The summed E-state index contributed by atoms with van der Waals surface area (Å²) in [6, 6.07) is 18.5. The lowest BCUT2D eigenvalue weighted by Crippen LogP contribution is -2.32. The van der Waals surface area contributed by atoms with Crippen LogP contribution >= 0.6 is 0 Å². The fraction of sp³-hybridized carbons (Fsp3) is 0.214. The van der Waals surface area contributed by atoms with Crippen LogP contribution in [0.15, 0.2) is 66.4 Å². The number of imide groups is 1. The van der Waals surface area contributed by atoms with E-state index in [1.54, 1.807) is 32.4 Å². The number of methoxy groups -OCH3 is 2. The third kappa shape index (κ3) is 4.15. The number of anilines is 2. The van der Waals surface area contributed by atoms with Gasteiger partial charge in [-0.25, -0.2) is 4.90 Å². The quantitative estimate of drug-likeness (QED) is 0.490. The molecule has 1 N–H and O–H groups in total. The first-order chi connectivity index (χ1) is 16.4. The zero-order chi connectivity index (χ0) is 24.4. The van der Waals surface area contributed by atoms with Crippen molar-refractivity contribution in [1.82, 2.24) is 0 Å². The largest absolute Gasteiger partial charge is 0.493 e. The van der Waals surface area contributed by atoms with E-state index in [0.717, 1.165) is 23.1 Å². The number of benzene rings is 3. The van der Waals surface area contributed by atoms with Crippen LogP contribution in [0.25, 0.3) is 5.57 Å². The van der Waals surface area contributed by atoms with E-state index in [1.807, 2.05) is 56.3 Å². The second-order valence-electron chi connectivity index (χ2n) is 8.21. The Labute approximate surface area is 199 Å². The number of carbonyl (C=O) groups is 2. The molecule has 6 heteroatoms. The molecule has 0 atom stereocenters. The van der Waals surface area contributed by atoms with E-state index in [0.29, 0.717) is 34.0 Å². The van der Waals surface area contributed by atoms with Crippen molar-refractivity contribution in [3.8, 4) is 11.5 Å². The Kier molecular flexibility index (Phi) is 6.41. The summed E-state index contributed by atoms with van der Waals surface area (Å²) in [5.74, 6) is 0.324. The number of nitrogens with zero attached hydrogens (tertiary/aromatic N) is 1. The fourth-order valence-electron chi connectivity index (χ4n) is 3.98. The SMILES string of the molecule is CCc1ccc(N2C(=O)C(Nc3ccc(OC)c(OC)c3)=C(c3ccc(C)c(C)c3)C2=O)cc1. The summed E-state index contributed by atoms with van der Waals surface area (Å²) in [4.78, 5) is 28.5. The lowest BCUT2D eigenvalue weighted by atomic mass is 9.99. The van der Waals surface area contributed by atoms with E-state index in [9.17, 15) is 9.59 Å². The van der Waals surface area contributed by atoms with E-state index in [-0.39, 0.29) is 11.6 Å². The summed E-state index contributed by atoms with van der Waals surface area (Å²) in [5.41, 5.74) is 5.69. The van der Waals surface area contributed by atoms with Crippen molar-refractivity contribution in [3.05, 3.63) is 88.6 Å². The van der Waals surface area contributed by atoms with Gasteiger partial charge in [-0.05, 0) is 66.8 Å². The van der Waals surface area contributed by atoms with Crippen molar-refractivity contribution in [3.63, 3.8) is 0 Å². The summed E-state index contributed by atoms with van der Waals surface area (Å²) in [5, 5.41) is 3.18. The number of rotatable bonds is 7. The molecular weight excluding hydrogens is 428 g/mol. The fourth-order valence-corrected chi connectivity index (χ4v) is 3.98. The molecule has 0 fully saturated rings. The van der Waals surface area contributed by atoms with E-state index in [1.165, 1.54) is 4.90 Å². The Bertz CT molecular complexity index is 1290. The molecule has 34 heavy (non-hydrogen) atoms. The standard InChI is InChI=1S/C28H28N2O4/c1-6-19-8-12-22(13-9-19)30-27(31)25(20-10-7-17(2)18(3)15-20)26(28(30)32)29-21-11-14-23(33-4)24(16-21)34-5/h7-16,29H,6H2,1-5H3. The minimum Gasteiger partial charge on any atom is -0.493 e. The Morgan fingerprint density at radius 3 is 2.12 bits per heavy atom. The van der Waals surface area contributed by atoms with Gasteiger partial charge in [0, 0.05) is 11.8 Å². The van der Waals surface area contributed by atoms with Gasteiger partial charge < -0.3 is 14.8 Å². The Morgan fingerprint density at radius 2 is 1.50 bits per heavy atom. The van der Waals surface area contributed by atoms with Gasteiger partial charge in [0.05, 0.1) is 25.5 Å². The molecular formula is C28H28N2O4. The minimum absolute atomic E-state index is 0.222. The highest BCUT2D eigenvalue weighted by Gasteiger charge is 2.40. The Balaban J connectivity index is 1.81. The third-order valence-corrected chi connectivity index (χ3v) is 6.14. The van der Waals surface area contributed by atoms with Gasteiger partial charge in [0.1, 0.15) is 5.70 Å². The number of aryl methyl sites for hydroxylation is 3. The minimum atomic E-state index is -0.405. The maximum atomic E-state index is 13.7. The van der Waals surface area contributed by atoms with Crippen LogP contribution in [0.4, 0.5) is 11.4 Å². The van der Waals surface area contributed by atoms with Gasteiger partial charge in [-0.1, -0.05) is 37.3 Å². The molecule has 0 unspecified atom stereocenters. The van der Waals surface area contributed by atoms with Gasteiger partial charge >= 0.3 is 0 Å². The molecule has 1 heterocycles. The van der Waals surface area contributed by atoms with Gasteiger partial charge in [0.15, 0.2) is 11.5 Å². The highest BCUT2D eigenvalue weighted by Crippen LogP contribution is 2.36. The van der Waals surface area contributed by atoms with Crippen LogP contribution in [0.5, 0.6) is 11.5 Å². The van der Waals surface area contributed by atoms with Gasteiger partial charge in [0.25, 0.3) is 11.8 Å². The zero-order valence-electron chi connectivity index (χ0n) is 20.1. The number of carbonyl (C=O) groups excluding carboxylic acids is 2. The first-order valence-electron chi connectivity index (χ1n) is 11.2. The van der Waals surface area contributed by atoms with E-state index in [2.05, 4.69) is 12.2 Å². The molecule has 6 nitrogen and oxygen atoms in total. The summed E-state index contributed by atoms with van der Waals surface area (Å²) < 4.78 is 10.7. The summed E-state index contributed by atoms with van der Waals surface area (Å²) >= 11 is 0. The molecule has 3 aromatic carbocycles. The monoisotopic (exact) mass is 456 g/mol. The molecule has 0 radical (unpaired) electrons. The topological polar surface area (TPSA) is 67.9 Å².